The number of nitrogens with zero attached hydrogens (tertiary/aromatic N) is 3. The number of esters is 1. The van der Waals surface area contributed by atoms with Gasteiger partial charge in [-0.05, 0) is 31.0 Å². The van der Waals surface area contributed by atoms with E-state index in [0.29, 0.717) is 27.9 Å². The fourth-order valence-corrected chi connectivity index (χ4v) is 4.33. The second-order valence-electron chi connectivity index (χ2n) is 7.15. The van der Waals surface area contributed by atoms with Crippen molar-refractivity contribution in [3.8, 4) is 11.5 Å². The van der Waals surface area contributed by atoms with Crippen LogP contribution in [0.5, 0.6) is 0 Å². The Balaban J connectivity index is 1.80. The number of nitrogens with one attached hydrogen (secondary N) is 1. The normalized spacial score (nSPS) is 17.8. The molecule has 0 radical (unpaired) electrons. The van der Waals surface area contributed by atoms with Gasteiger partial charge in [0, 0.05) is 16.3 Å². The Labute approximate surface area is 182 Å². The van der Waals surface area contributed by atoms with E-state index >= 15 is 0 Å². The van der Waals surface area contributed by atoms with Crippen LogP contribution in [0.4, 0.5) is 5.69 Å². The van der Waals surface area contributed by atoms with Gasteiger partial charge in [0.25, 0.3) is 5.56 Å². The average Bonchev–Trinajstić information content (AvgIpc) is 3.25. The molecule has 1 aliphatic rings. The van der Waals surface area contributed by atoms with E-state index in [1.165, 1.54) is 15.9 Å². The monoisotopic (exact) mass is 444 g/mol. The number of thiazole rings is 1. The second kappa shape index (κ2) is 8.57. The Bertz CT molecular complexity index is 1110. The van der Waals surface area contributed by atoms with Crippen molar-refractivity contribution in [1.82, 2.24) is 14.5 Å². The smallest absolute Gasteiger partial charge is 0.326 e. The van der Waals surface area contributed by atoms with Crippen molar-refractivity contribution in [2.45, 2.75) is 38.8 Å². The third kappa shape index (κ3) is 3.97. The molecule has 2 atom stereocenters. The molecule has 2 aromatic heterocycles. The third-order valence-corrected chi connectivity index (χ3v) is 5.94. The van der Waals surface area contributed by atoms with Crippen molar-refractivity contribution in [2.24, 2.45) is 0 Å². The van der Waals surface area contributed by atoms with Crippen LogP contribution in [0.2, 0.25) is 5.02 Å². The lowest BCUT2D eigenvalue weighted by Crippen LogP contribution is -2.35. The molecular formula is C21H21ClN4O3S. The van der Waals surface area contributed by atoms with E-state index in [1.54, 1.807) is 12.4 Å². The summed E-state index contributed by atoms with van der Waals surface area (Å²) < 4.78 is 6.41. The summed E-state index contributed by atoms with van der Waals surface area (Å²) in [4.78, 5) is 34.7. The molecule has 0 amide bonds. The standard InChI is InChI=1S/C21H21ClN4O3S/c1-3-29-17(27)9-26-20(16-10-30-11-23-16)25-18-12(2)8-15(24-19(18)21(26)28)13-4-6-14(22)7-5-13/h4-7,10-12,15,24H,3,8-9H2,1-2H3/t12-,15-/m0/s1. The molecule has 30 heavy (non-hydrogen) atoms. The van der Waals surface area contributed by atoms with Crippen LogP contribution in [0.1, 0.15) is 43.5 Å². The van der Waals surface area contributed by atoms with E-state index < -0.39 is 5.97 Å². The van der Waals surface area contributed by atoms with E-state index in [4.69, 9.17) is 21.3 Å². The molecule has 3 aromatic rings. The van der Waals surface area contributed by atoms with Crippen molar-refractivity contribution >= 4 is 34.6 Å². The lowest BCUT2D eigenvalue weighted by atomic mass is 9.89. The van der Waals surface area contributed by atoms with Gasteiger partial charge in [-0.15, -0.1) is 11.3 Å². The van der Waals surface area contributed by atoms with Gasteiger partial charge in [0.15, 0.2) is 5.82 Å². The number of carbonyl (C=O) groups excluding carboxylic acids is 1. The van der Waals surface area contributed by atoms with Crippen LogP contribution in [-0.4, -0.2) is 27.1 Å². The molecule has 0 saturated heterocycles. The number of hydrogen-bond acceptors (Lipinski definition) is 7. The highest BCUT2D eigenvalue weighted by Crippen LogP contribution is 2.38. The molecule has 0 fully saturated rings. The maximum atomic E-state index is 13.5. The van der Waals surface area contributed by atoms with Crippen LogP contribution in [-0.2, 0) is 16.1 Å². The van der Waals surface area contributed by atoms with Gasteiger partial charge in [-0.2, -0.15) is 0 Å². The summed E-state index contributed by atoms with van der Waals surface area (Å²) in [5.74, 6) is -0.0631. The first-order valence-electron chi connectivity index (χ1n) is 9.68. The zero-order valence-electron chi connectivity index (χ0n) is 16.6. The minimum atomic E-state index is -0.490. The van der Waals surface area contributed by atoms with Crippen LogP contribution in [0, 0.1) is 0 Å². The first kappa shape index (κ1) is 20.6. The van der Waals surface area contributed by atoms with Crippen LogP contribution < -0.4 is 10.9 Å². The molecule has 0 bridgehead atoms. The molecule has 1 N–H and O–H groups in total. The highest BCUT2D eigenvalue weighted by molar-refractivity contribution is 7.07. The van der Waals surface area contributed by atoms with Crippen molar-refractivity contribution < 1.29 is 9.53 Å². The van der Waals surface area contributed by atoms with Crippen molar-refractivity contribution in [2.75, 3.05) is 11.9 Å². The lowest BCUT2D eigenvalue weighted by Gasteiger charge is -2.31. The molecular weight excluding hydrogens is 424 g/mol. The predicted octanol–water partition coefficient (Wildman–Crippen LogP) is 4.24. The molecule has 7 nitrogen and oxygen atoms in total. The van der Waals surface area contributed by atoms with Gasteiger partial charge in [-0.1, -0.05) is 30.7 Å². The summed E-state index contributed by atoms with van der Waals surface area (Å²) >= 11 is 7.42. The summed E-state index contributed by atoms with van der Waals surface area (Å²) in [5.41, 5.74) is 4.08. The number of aromatic nitrogens is 3. The van der Waals surface area contributed by atoms with Gasteiger partial charge >= 0.3 is 5.97 Å². The van der Waals surface area contributed by atoms with Crippen molar-refractivity contribution in [1.29, 1.82) is 0 Å². The van der Waals surface area contributed by atoms with Crippen LogP contribution in [0.15, 0.2) is 40.0 Å². The molecule has 4 rings (SSSR count). The summed E-state index contributed by atoms with van der Waals surface area (Å²) in [6.45, 7) is 3.80. The minimum absolute atomic E-state index is 0.0456. The molecule has 0 spiro atoms. The number of fused-ring (bicyclic) bond motifs is 1. The Hall–Kier alpha value is -2.71. The third-order valence-electron chi connectivity index (χ3n) is 5.10. The van der Waals surface area contributed by atoms with Gasteiger partial charge in [-0.3, -0.25) is 14.2 Å². The molecule has 1 aromatic carbocycles. The second-order valence-corrected chi connectivity index (χ2v) is 8.31. The number of hydrogen-bond donors (Lipinski definition) is 1. The maximum absolute atomic E-state index is 13.5. The highest BCUT2D eigenvalue weighted by atomic mass is 35.5. The number of carbonyl (C=O) groups is 1. The van der Waals surface area contributed by atoms with Gasteiger partial charge in [0.2, 0.25) is 0 Å². The van der Waals surface area contributed by atoms with E-state index in [-0.39, 0.29) is 30.7 Å². The molecule has 156 valence electrons. The summed E-state index contributed by atoms with van der Waals surface area (Å²) in [5, 5.41) is 5.81. The van der Waals surface area contributed by atoms with E-state index in [0.717, 1.165) is 12.0 Å². The number of halogens is 1. The number of benzene rings is 1. The quantitative estimate of drug-likeness (QED) is 0.592. The Morgan fingerprint density at radius 3 is 2.80 bits per heavy atom. The average molecular weight is 445 g/mol. The molecule has 9 heteroatoms. The van der Waals surface area contributed by atoms with E-state index in [2.05, 4.69) is 17.2 Å². The molecule has 0 aliphatic carbocycles. The summed E-state index contributed by atoms with van der Waals surface area (Å²) in [6.07, 6.45) is 0.777. The van der Waals surface area contributed by atoms with Crippen LogP contribution in [0.25, 0.3) is 11.5 Å². The largest absolute Gasteiger partial charge is 0.465 e. The predicted molar refractivity (Wildman–Crippen MR) is 117 cm³/mol. The van der Waals surface area contributed by atoms with E-state index in [1.807, 2.05) is 29.6 Å². The van der Waals surface area contributed by atoms with Gasteiger partial charge < -0.3 is 10.1 Å². The fraction of sp³-hybridized carbons (Fsp3) is 0.333. The first-order valence-corrected chi connectivity index (χ1v) is 11.0. The summed E-state index contributed by atoms with van der Waals surface area (Å²) in [7, 11) is 0. The van der Waals surface area contributed by atoms with Crippen LogP contribution >= 0.6 is 22.9 Å². The highest BCUT2D eigenvalue weighted by Gasteiger charge is 2.31. The maximum Gasteiger partial charge on any atom is 0.326 e. The Kier molecular flexibility index (Phi) is 5.87. The number of anilines is 1. The van der Waals surface area contributed by atoms with Crippen molar-refractivity contribution in [3.05, 3.63) is 61.8 Å². The Morgan fingerprint density at radius 1 is 1.37 bits per heavy atom. The lowest BCUT2D eigenvalue weighted by molar-refractivity contribution is -0.143. The number of ether oxygens (including phenoxy) is 1. The minimum Gasteiger partial charge on any atom is -0.465 e. The van der Waals surface area contributed by atoms with Crippen LogP contribution in [0.3, 0.4) is 0 Å². The van der Waals surface area contributed by atoms with Gasteiger partial charge in [0.1, 0.15) is 17.9 Å². The van der Waals surface area contributed by atoms with Gasteiger partial charge in [-0.25, -0.2) is 9.97 Å². The Morgan fingerprint density at radius 2 is 2.13 bits per heavy atom. The number of rotatable bonds is 5. The topological polar surface area (TPSA) is 86.1 Å². The zero-order chi connectivity index (χ0) is 21.3. The SMILES string of the molecule is CCOC(=O)Cn1c(-c2cscn2)nc2c(c1=O)N[C@H](c1ccc(Cl)cc1)C[C@@H]2C. The molecule has 0 saturated carbocycles. The van der Waals surface area contributed by atoms with E-state index in [9.17, 15) is 9.59 Å². The molecule has 1 aliphatic heterocycles. The molecule has 3 heterocycles. The first-order chi connectivity index (χ1) is 14.5. The van der Waals surface area contributed by atoms with Gasteiger partial charge in [0.05, 0.1) is 23.9 Å². The van der Waals surface area contributed by atoms with Crippen molar-refractivity contribution in [3.63, 3.8) is 0 Å². The zero-order valence-corrected chi connectivity index (χ0v) is 18.2. The fourth-order valence-electron chi connectivity index (χ4n) is 3.68. The molecule has 0 unspecified atom stereocenters. The summed E-state index contributed by atoms with van der Waals surface area (Å²) in [6, 6.07) is 7.51.